The maximum Gasteiger partial charge on any atom is 0.338 e. The molecule has 0 saturated carbocycles. The predicted molar refractivity (Wildman–Crippen MR) is 121 cm³/mol. The first-order valence-electron chi connectivity index (χ1n) is 8.74. The van der Waals surface area contributed by atoms with Gasteiger partial charge >= 0.3 is 5.97 Å². The molecular formula is C19H27IN4O2S. The lowest BCUT2D eigenvalue weighted by Crippen LogP contribution is -2.36. The Hall–Kier alpha value is -1.68. The molecule has 27 heavy (non-hydrogen) atoms. The predicted octanol–water partition coefficient (Wildman–Crippen LogP) is 3.81. The van der Waals surface area contributed by atoms with E-state index in [4.69, 9.17) is 4.74 Å². The molecule has 0 saturated heterocycles. The first kappa shape index (κ1) is 23.4. The molecule has 0 aliphatic carbocycles. The lowest BCUT2D eigenvalue weighted by Gasteiger charge is -2.11. The van der Waals surface area contributed by atoms with Gasteiger partial charge in [-0.2, -0.15) is 0 Å². The Balaban J connectivity index is 0.00000364. The van der Waals surface area contributed by atoms with Crippen molar-refractivity contribution in [2.24, 2.45) is 4.99 Å². The van der Waals surface area contributed by atoms with Crippen molar-refractivity contribution >= 4 is 47.2 Å². The molecule has 0 atom stereocenters. The molecule has 2 rings (SSSR count). The first-order chi connectivity index (χ1) is 12.5. The van der Waals surface area contributed by atoms with Crippen LogP contribution in [0.25, 0.3) is 0 Å². The van der Waals surface area contributed by atoms with Crippen LogP contribution in [0.4, 0.5) is 0 Å². The number of aryl methyl sites for hydroxylation is 2. The maximum atomic E-state index is 11.7. The summed E-state index contributed by atoms with van der Waals surface area (Å²) in [5.41, 5.74) is 2.64. The highest BCUT2D eigenvalue weighted by molar-refractivity contribution is 14.0. The lowest BCUT2D eigenvalue weighted by molar-refractivity contribution is 0.0526. The van der Waals surface area contributed by atoms with Crippen LogP contribution in [0.2, 0.25) is 0 Å². The molecular weight excluding hydrogens is 475 g/mol. The number of halogens is 1. The van der Waals surface area contributed by atoms with Crippen molar-refractivity contribution in [2.75, 3.05) is 13.2 Å². The number of nitrogens with one attached hydrogen (secondary N) is 2. The van der Waals surface area contributed by atoms with Gasteiger partial charge in [0.1, 0.15) is 0 Å². The SMILES string of the molecule is CCNC(=NCc1ccc(C(=O)OCC)cc1)NCc1sc(C)nc1C.I. The average molecular weight is 502 g/mol. The molecule has 0 bridgehead atoms. The quantitative estimate of drug-likeness (QED) is 0.261. The monoisotopic (exact) mass is 502 g/mol. The molecule has 0 fully saturated rings. The minimum Gasteiger partial charge on any atom is -0.462 e. The molecule has 8 heteroatoms. The minimum absolute atomic E-state index is 0. The van der Waals surface area contributed by atoms with Crippen molar-refractivity contribution in [3.8, 4) is 0 Å². The Kier molecular flexibility index (Phi) is 10.3. The van der Waals surface area contributed by atoms with E-state index in [1.54, 1.807) is 30.4 Å². The molecule has 1 aromatic carbocycles. The molecule has 0 aliphatic heterocycles. The third-order valence-corrected chi connectivity index (χ3v) is 4.72. The number of carbonyl (C=O) groups excluding carboxylic acids is 1. The fourth-order valence-corrected chi connectivity index (χ4v) is 3.25. The van der Waals surface area contributed by atoms with E-state index >= 15 is 0 Å². The highest BCUT2D eigenvalue weighted by atomic mass is 127. The molecule has 6 nitrogen and oxygen atoms in total. The largest absolute Gasteiger partial charge is 0.462 e. The van der Waals surface area contributed by atoms with Gasteiger partial charge in [-0.3, -0.25) is 0 Å². The summed E-state index contributed by atoms with van der Waals surface area (Å²) < 4.78 is 4.99. The van der Waals surface area contributed by atoms with Gasteiger partial charge in [0.2, 0.25) is 0 Å². The summed E-state index contributed by atoms with van der Waals surface area (Å²) in [5, 5.41) is 7.66. The number of aliphatic imine (C=N–C) groups is 1. The molecule has 2 N–H and O–H groups in total. The van der Waals surface area contributed by atoms with Crippen LogP contribution in [0.15, 0.2) is 29.3 Å². The van der Waals surface area contributed by atoms with E-state index in [0.29, 0.717) is 25.3 Å². The van der Waals surface area contributed by atoms with E-state index in [2.05, 4.69) is 20.6 Å². The minimum atomic E-state index is -0.298. The molecule has 0 radical (unpaired) electrons. The second kappa shape index (κ2) is 11.9. The van der Waals surface area contributed by atoms with Crippen LogP contribution in [-0.2, 0) is 17.8 Å². The zero-order chi connectivity index (χ0) is 18.9. The Morgan fingerprint density at radius 3 is 2.44 bits per heavy atom. The highest BCUT2D eigenvalue weighted by Gasteiger charge is 2.07. The number of hydrogen-bond acceptors (Lipinski definition) is 5. The van der Waals surface area contributed by atoms with Gasteiger partial charge in [-0.05, 0) is 45.4 Å². The fourth-order valence-electron chi connectivity index (χ4n) is 2.37. The average Bonchev–Trinajstić information content (AvgIpc) is 2.95. The Morgan fingerprint density at radius 2 is 1.89 bits per heavy atom. The summed E-state index contributed by atoms with van der Waals surface area (Å²) in [6, 6.07) is 7.34. The Labute approximate surface area is 181 Å². The van der Waals surface area contributed by atoms with Crippen molar-refractivity contribution in [2.45, 2.75) is 40.8 Å². The number of thiazole rings is 1. The van der Waals surface area contributed by atoms with E-state index in [0.717, 1.165) is 28.8 Å². The molecule has 0 amide bonds. The van der Waals surface area contributed by atoms with Gasteiger partial charge in [-0.15, -0.1) is 35.3 Å². The number of rotatable bonds is 7. The molecule has 2 aromatic rings. The van der Waals surface area contributed by atoms with Crippen molar-refractivity contribution in [3.05, 3.63) is 51.0 Å². The number of guanidine groups is 1. The van der Waals surface area contributed by atoms with Crippen LogP contribution in [0.3, 0.4) is 0 Å². The van der Waals surface area contributed by atoms with Crippen LogP contribution in [-0.4, -0.2) is 30.1 Å². The van der Waals surface area contributed by atoms with E-state index < -0.39 is 0 Å². The zero-order valence-electron chi connectivity index (χ0n) is 16.2. The second-order valence-corrected chi connectivity index (χ2v) is 7.00. The normalized spacial score (nSPS) is 10.9. The van der Waals surface area contributed by atoms with Crippen molar-refractivity contribution in [3.63, 3.8) is 0 Å². The number of benzene rings is 1. The standard InChI is InChI=1S/C19H26N4O2S.HI/c1-5-20-19(22-12-17-13(3)23-14(4)26-17)21-11-15-7-9-16(10-8-15)18(24)25-6-2;/h7-10H,5-6,11-12H2,1-4H3,(H2,20,21,22);1H. The van der Waals surface area contributed by atoms with Gasteiger partial charge in [-0.25, -0.2) is 14.8 Å². The summed E-state index contributed by atoms with van der Waals surface area (Å²) in [6.07, 6.45) is 0. The fraction of sp³-hybridized carbons (Fsp3) is 0.421. The Morgan fingerprint density at radius 1 is 1.19 bits per heavy atom. The first-order valence-corrected chi connectivity index (χ1v) is 9.56. The summed E-state index contributed by atoms with van der Waals surface area (Å²) in [5.74, 6) is 0.459. The summed E-state index contributed by atoms with van der Waals surface area (Å²) in [4.78, 5) is 22.0. The van der Waals surface area contributed by atoms with Gasteiger partial charge in [0.25, 0.3) is 0 Å². The topological polar surface area (TPSA) is 75.6 Å². The molecule has 1 aromatic heterocycles. The summed E-state index contributed by atoms with van der Waals surface area (Å²) in [7, 11) is 0. The van der Waals surface area contributed by atoms with Gasteiger partial charge in [0, 0.05) is 11.4 Å². The van der Waals surface area contributed by atoms with E-state index in [1.807, 2.05) is 32.9 Å². The zero-order valence-corrected chi connectivity index (χ0v) is 19.3. The maximum absolute atomic E-state index is 11.7. The molecule has 1 heterocycles. The number of carbonyl (C=O) groups is 1. The van der Waals surface area contributed by atoms with Crippen molar-refractivity contribution in [1.29, 1.82) is 0 Å². The number of esters is 1. The summed E-state index contributed by atoms with van der Waals surface area (Å²) >= 11 is 1.70. The third-order valence-electron chi connectivity index (χ3n) is 3.65. The molecule has 148 valence electrons. The van der Waals surface area contributed by atoms with Gasteiger partial charge < -0.3 is 15.4 Å². The molecule has 0 aliphatic rings. The Bertz CT molecular complexity index is 760. The van der Waals surface area contributed by atoms with E-state index in [-0.39, 0.29) is 29.9 Å². The van der Waals surface area contributed by atoms with Crippen molar-refractivity contribution < 1.29 is 9.53 Å². The lowest BCUT2D eigenvalue weighted by atomic mass is 10.1. The molecule has 0 spiro atoms. The second-order valence-electron chi connectivity index (χ2n) is 5.71. The summed E-state index contributed by atoms with van der Waals surface area (Å²) in [6.45, 7) is 10.3. The van der Waals surface area contributed by atoms with Crippen LogP contribution >= 0.6 is 35.3 Å². The molecule has 0 unspecified atom stereocenters. The van der Waals surface area contributed by atoms with E-state index in [1.165, 1.54) is 4.88 Å². The highest BCUT2D eigenvalue weighted by Crippen LogP contribution is 2.16. The van der Waals surface area contributed by atoms with Gasteiger partial charge in [0.05, 0.1) is 36.0 Å². The van der Waals surface area contributed by atoms with E-state index in [9.17, 15) is 4.79 Å². The number of hydrogen-bond donors (Lipinski definition) is 2. The van der Waals surface area contributed by atoms with Gasteiger partial charge in [-0.1, -0.05) is 12.1 Å². The van der Waals surface area contributed by atoms with Crippen molar-refractivity contribution in [1.82, 2.24) is 15.6 Å². The van der Waals surface area contributed by atoms with Crippen LogP contribution < -0.4 is 10.6 Å². The number of ether oxygens (including phenoxy) is 1. The van der Waals surface area contributed by atoms with Gasteiger partial charge in [0.15, 0.2) is 5.96 Å². The van der Waals surface area contributed by atoms with Crippen LogP contribution in [0.1, 0.15) is 45.3 Å². The van der Waals surface area contributed by atoms with Crippen LogP contribution in [0.5, 0.6) is 0 Å². The smallest absolute Gasteiger partial charge is 0.338 e. The number of nitrogens with zero attached hydrogens (tertiary/aromatic N) is 2. The number of aromatic nitrogens is 1. The third kappa shape index (κ3) is 7.45. The van der Waals surface area contributed by atoms with Crippen LogP contribution in [0, 0.1) is 13.8 Å².